The van der Waals surface area contributed by atoms with Gasteiger partial charge in [-0.05, 0) is 40.8 Å². The number of carboxylic acid groups (broad SMARTS) is 1. The first-order valence-electron chi connectivity index (χ1n) is 6.71. The number of nitrogens with one attached hydrogen (secondary N) is 1. The largest absolute Gasteiger partial charge is 0.478 e. The van der Waals surface area contributed by atoms with Crippen LogP contribution in [0.5, 0.6) is 0 Å². The van der Waals surface area contributed by atoms with Gasteiger partial charge in [0.05, 0.1) is 0 Å². The first-order chi connectivity index (χ1) is 10.6. The van der Waals surface area contributed by atoms with E-state index in [1.807, 2.05) is 41.8 Å². The van der Waals surface area contributed by atoms with Gasteiger partial charge in [-0.3, -0.25) is 4.79 Å². The Morgan fingerprint density at radius 1 is 1.32 bits per heavy atom. The van der Waals surface area contributed by atoms with E-state index in [1.54, 1.807) is 0 Å². The zero-order valence-corrected chi connectivity index (χ0v) is 12.4. The van der Waals surface area contributed by atoms with Crippen molar-refractivity contribution in [2.75, 3.05) is 5.32 Å². The molecule has 0 bridgehead atoms. The number of carbonyl (C=O) groups excluding carboxylic acids is 1. The molecule has 2 N–H and O–H groups in total. The summed E-state index contributed by atoms with van der Waals surface area (Å²) in [6.07, 6.45) is 5.09. The number of fused-ring (bicyclic) bond motifs is 1. The van der Waals surface area contributed by atoms with Crippen LogP contribution in [0.3, 0.4) is 0 Å². The Morgan fingerprint density at radius 2 is 2.14 bits per heavy atom. The van der Waals surface area contributed by atoms with E-state index >= 15 is 0 Å². The van der Waals surface area contributed by atoms with Crippen molar-refractivity contribution in [3.05, 3.63) is 63.4 Å². The molecular weight excluding hydrogens is 298 g/mol. The first-order valence-corrected chi connectivity index (χ1v) is 7.59. The molecule has 0 saturated heterocycles. The number of hydrogen-bond acceptors (Lipinski definition) is 3. The molecule has 1 aromatic carbocycles. The molecule has 4 nitrogen and oxygen atoms in total. The van der Waals surface area contributed by atoms with Gasteiger partial charge in [0.1, 0.15) is 0 Å². The molecule has 22 heavy (non-hydrogen) atoms. The van der Waals surface area contributed by atoms with Gasteiger partial charge in [0, 0.05) is 28.6 Å². The van der Waals surface area contributed by atoms with Crippen molar-refractivity contribution in [1.29, 1.82) is 0 Å². The van der Waals surface area contributed by atoms with Gasteiger partial charge in [0.15, 0.2) is 0 Å². The van der Waals surface area contributed by atoms with Crippen LogP contribution < -0.4 is 5.32 Å². The molecule has 1 aromatic heterocycles. The molecule has 0 atom stereocenters. The number of carbonyl (C=O) groups is 2. The van der Waals surface area contributed by atoms with Gasteiger partial charge < -0.3 is 10.4 Å². The monoisotopic (exact) mass is 311 g/mol. The van der Waals surface area contributed by atoms with Crippen LogP contribution in [0.1, 0.15) is 16.0 Å². The highest BCUT2D eigenvalue weighted by atomic mass is 32.1. The fraction of sp³-hybridized carbons (Fsp3) is 0.0588. The summed E-state index contributed by atoms with van der Waals surface area (Å²) in [4.78, 5) is 23.6. The topological polar surface area (TPSA) is 66.4 Å². The second kappa shape index (κ2) is 5.99. The molecule has 1 aliphatic heterocycles. The van der Waals surface area contributed by atoms with Gasteiger partial charge in [-0.25, -0.2) is 4.79 Å². The molecule has 0 aliphatic carbocycles. The fourth-order valence-corrected chi connectivity index (χ4v) is 3.10. The predicted octanol–water partition coefficient (Wildman–Crippen LogP) is 3.42. The Labute approximate surface area is 131 Å². The van der Waals surface area contributed by atoms with Gasteiger partial charge >= 0.3 is 5.97 Å². The lowest BCUT2D eigenvalue weighted by molar-refractivity contribution is -0.131. The maximum Gasteiger partial charge on any atom is 0.328 e. The fourth-order valence-electron chi connectivity index (χ4n) is 2.27. The second-order valence-corrected chi connectivity index (χ2v) is 5.85. The zero-order chi connectivity index (χ0) is 15.5. The minimum Gasteiger partial charge on any atom is -0.478 e. The molecule has 0 radical (unpaired) electrons. The van der Waals surface area contributed by atoms with Gasteiger partial charge in [0.25, 0.3) is 5.91 Å². The van der Waals surface area contributed by atoms with E-state index in [-0.39, 0.29) is 5.91 Å². The van der Waals surface area contributed by atoms with Gasteiger partial charge in [0.2, 0.25) is 0 Å². The Morgan fingerprint density at radius 3 is 2.95 bits per heavy atom. The van der Waals surface area contributed by atoms with Crippen LogP contribution in [0.2, 0.25) is 0 Å². The lowest BCUT2D eigenvalue weighted by Crippen LogP contribution is -2.21. The van der Waals surface area contributed by atoms with Crippen LogP contribution >= 0.6 is 11.3 Å². The highest BCUT2D eigenvalue weighted by Crippen LogP contribution is 2.27. The summed E-state index contributed by atoms with van der Waals surface area (Å²) in [5.41, 5.74) is 3.47. The van der Waals surface area contributed by atoms with E-state index in [4.69, 9.17) is 5.11 Å². The Balaban J connectivity index is 1.84. The normalized spacial score (nSPS) is 15.8. The molecule has 3 rings (SSSR count). The molecule has 0 spiro atoms. The van der Waals surface area contributed by atoms with Crippen molar-refractivity contribution in [2.45, 2.75) is 6.42 Å². The molecule has 0 fully saturated rings. The van der Waals surface area contributed by atoms with Gasteiger partial charge in [-0.2, -0.15) is 0 Å². The first kappa shape index (κ1) is 14.3. The van der Waals surface area contributed by atoms with Crippen molar-refractivity contribution >= 4 is 41.1 Å². The number of aliphatic carboxylic acids is 1. The van der Waals surface area contributed by atoms with Crippen molar-refractivity contribution in [1.82, 2.24) is 0 Å². The third-order valence-electron chi connectivity index (χ3n) is 3.31. The number of rotatable bonds is 3. The SMILES string of the molecule is O=C(O)/C=C/c1csc(/C=C2\Cc3ccccc3NC2=O)c1. The van der Waals surface area contributed by atoms with Crippen LogP contribution in [-0.4, -0.2) is 17.0 Å². The maximum absolute atomic E-state index is 12.1. The molecule has 0 saturated carbocycles. The molecule has 1 amide bonds. The third kappa shape index (κ3) is 3.15. The minimum absolute atomic E-state index is 0.0882. The molecule has 110 valence electrons. The molecule has 2 heterocycles. The number of amides is 1. The summed E-state index contributed by atoms with van der Waals surface area (Å²) >= 11 is 1.48. The Kier molecular flexibility index (Phi) is 3.89. The van der Waals surface area contributed by atoms with Crippen LogP contribution in [0, 0.1) is 0 Å². The van der Waals surface area contributed by atoms with E-state index in [9.17, 15) is 9.59 Å². The zero-order valence-electron chi connectivity index (χ0n) is 11.6. The highest BCUT2D eigenvalue weighted by Gasteiger charge is 2.19. The molecule has 5 heteroatoms. The number of benzene rings is 1. The number of carboxylic acids is 1. The third-order valence-corrected chi connectivity index (χ3v) is 4.21. The van der Waals surface area contributed by atoms with Gasteiger partial charge in [-0.15, -0.1) is 11.3 Å². The van der Waals surface area contributed by atoms with E-state index in [1.165, 1.54) is 17.4 Å². The number of thiophene rings is 1. The Hall–Kier alpha value is -2.66. The summed E-state index contributed by atoms with van der Waals surface area (Å²) in [7, 11) is 0. The van der Waals surface area contributed by atoms with Crippen molar-refractivity contribution in [3.8, 4) is 0 Å². The smallest absolute Gasteiger partial charge is 0.328 e. The number of hydrogen-bond donors (Lipinski definition) is 2. The Bertz CT molecular complexity index is 802. The van der Waals surface area contributed by atoms with Crippen molar-refractivity contribution in [2.24, 2.45) is 0 Å². The summed E-state index contributed by atoms with van der Waals surface area (Å²) in [5.74, 6) is -1.07. The average molecular weight is 311 g/mol. The van der Waals surface area contributed by atoms with E-state index in [0.717, 1.165) is 27.8 Å². The lowest BCUT2D eigenvalue weighted by Gasteiger charge is -2.18. The lowest BCUT2D eigenvalue weighted by atomic mass is 9.98. The summed E-state index contributed by atoms with van der Waals surface area (Å²) < 4.78 is 0. The van der Waals surface area contributed by atoms with Crippen LogP contribution in [-0.2, 0) is 16.0 Å². The quantitative estimate of drug-likeness (QED) is 0.854. The summed E-state index contributed by atoms with van der Waals surface area (Å²) in [6.45, 7) is 0. The van der Waals surface area contributed by atoms with E-state index < -0.39 is 5.97 Å². The van der Waals surface area contributed by atoms with E-state index in [2.05, 4.69) is 5.32 Å². The van der Waals surface area contributed by atoms with Crippen molar-refractivity contribution in [3.63, 3.8) is 0 Å². The summed E-state index contributed by atoms with van der Waals surface area (Å²) in [6, 6.07) is 9.61. The summed E-state index contributed by atoms with van der Waals surface area (Å²) in [5, 5.41) is 13.4. The maximum atomic E-state index is 12.1. The van der Waals surface area contributed by atoms with Crippen LogP contribution in [0.4, 0.5) is 5.69 Å². The number of anilines is 1. The van der Waals surface area contributed by atoms with Crippen molar-refractivity contribution < 1.29 is 14.7 Å². The average Bonchev–Trinajstić information content (AvgIpc) is 2.93. The molecular formula is C17H13NO3S. The highest BCUT2D eigenvalue weighted by molar-refractivity contribution is 7.11. The number of para-hydroxylation sites is 1. The standard InChI is InChI=1S/C17H13NO3S/c19-16(20)6-5-11-7-14(22-10-11)9-13-8-12-3-1-2-4-15(12)18-17(13)21/h1-7,9-10H,8H2,(H,18,21)(H,19,20)/b6-5+,13-9+. The van der Waals surface area contributed by atoms with Gasteiger partial charge in [-0.1, -0.05) is 18.2 Å². The van der Waals surface area contributed by atoms with E-state index in [0.29, 0.717) is 12.0 Å². The van der Waals surface area contributed by atoms with Crippen LogP contribution in [0.25, 0.3) is 12.2 Å². The molecule has 1 aliphatic rings. The minimum atomic E-state index is -0.977. The molecule has 2 aromatic rings. The predicted molar refractivity (Wildman–Crippen MR) is 87.7 cm³/mol. The van der Waals surface area contributed by atoms with Crippen LogP contribution in [0.15, 0.2) is 47.4 Å². The second-order valence-electron chi connectivity index (χ2n) is 4.91. The molecule has 0 unspecified atom stereocenters.